The fourth-order valence-electron chi connectivity index (χ4n) is 3.02. The van der Waals surface area contributed by atoms with Gasteiger partial charge in [-0.3, -0.25) is 9.59 Å². The van der Waals surface area contributed by atoms with E-state index in [0.717, 1.165) is 36.6 Å². The number of anilines is 1. The van der Waals surface area contributed by atoms with E-state index in [4.69, 9.17) is 0 Å². The maximum Gasteiger partial charge on any atom is 0.260 e. The molecule has 0 spiro atoms. The molecule has 24 heavy (non-hydrogen) atoms. The summed E-state index contributed by atoms with van der Waals surface area (Å²) in [6, 6.07) is 9.27. The second-order valence-electron chi connectivity index (χ2n) is 6.28. The van der Waals surface area contributed by atoms with E-state index in [-0.39, 0.29) is 23.1 Å². The van der Waals surface area contributed by atoms with Crippen molar-refractivity contribution in [2.75, 3.05) is 18.0 Å². The van der Waals surface area contributed by atoms with Crippen LogP contribution in [0.1, 0.15) is 34.6 Å². The lowest BCUT2D eigenvalue weighted by Gasteiger charge is -2.34. The lowest BCUT2D eigenvalue weighted by atomic mass is 10.0. The van der Waals surface area contributed by atoms with Gasteiger partial charge in [0, 0.05) is 30.5 Å². The third-order valence-corrected chi connectivity index (χ3v) is 4.25. The lowest BCUT2D eigenvalue weighted by Crippen LogP contribution is -2.48. The molecule has 1 aliphatic heterocycles. The van der Waals surface area contributed by atoms with Gasteiger partial charge < -0.3 is 15.2 Å². The number of nitrogens with one attached hydrogen (secondary N) is 2. The maximum absolute atomic E-state index is 12.4. The van der Waals surface area contributed by atoms with Crippen LogP contribution in [0.5, 0.6) is 0 Å². The summed E-state index contributed by atoms with van der Waals surface area (Å²) in [5.41, 5.74) is 1.53. The summed E-state index contributed by atoms with van der Waals surface area (Å²) in [5.74, 6) is 0.613. The Hall–Kier alpha value is -2.63. The molecule has 0 unspecified atom stereocenters. The Morgan fingerprint density at radius 3 is 2.88 bits per heavy atom. The predicted octanol–water partition coefficient (Wildman–Crippen LogP) is 1.79. The smallest absolute Gasteiger partial charge is 0.260 e. The SMILES string of the molecule is Cc1cccc(N2CCC[C@@H](NC(=O)c3ccc(C)[nH]c3=O)C2)n1. The average Bonchev–Trinajstić information content (AvgIpc) is 2.55. The zero-order chi connectivity index (χ0) is 17.1. The number of amides is 1. The Morgan fingerprint density at radius 1 is 1.29 bits per heavy atom. The minimum atomic E-state index is -0.347. The average molecular weight is 326 g/mol. The first-order valence-corrected chi connectivity index (χ1v) is 8.22. The summed E-state index contributed by atoms with van der Waals surface area (Å²) in [4.78, 5) is 33.7. The number of hydrogen-bond acceptors (Lipinski definition) is 4. The van der Waals surface area contributed by atoms with Crippen molar-refractivity contribution in [3.8, 4) is 0 Å². The van der Waals surface area contributed by atoms with Crippen LogP contribution < -0.4 is 15.8 Å². The molecular formula is C18H22N4O2. The quantitative estimate of drug-likeness (QED) is 0.901. The van der Waals surface area contributed by atoms with Crippen molar-refractivity contribution in [3.05, 3.63) is 57.6 Å². The minimum absolute atomic E-state index is 0.00858. The van der Waals surface area contributed by atoms with Gasteiger partial charge in [0.2, 0.25) is 0 Å². The highest BCUT2D eigenvalue weighted by Gasteiger charge is 2.23. The Balaban J connectivity index is 1.69. The second kappa shape index (κ2) is 6.86. The van der Waals surface area contributed by atoms with E-state index >= 15 is 0 Å². The molecule has 2 N–H and O–H groups in total. The molecule has 2 aromatic heterocycles. The van der Waals surface area contributed by atoms with E-state index in [9.17, 15) is 9.59 Å². The fraction of sp³-hybridized carbons (Fsp3) is 0.389. The van der Waals surface area contributed by atoms with Crippen LogP contribution in [0.3, 0.4) is 0 Å². The predicted molar refractivity (Wildman–Crippen MR) is 93.5 cm³/mol. The molecule has 2 aromatic rings. The Kier molecular flexibility index (Phi) is 4.64. The zero-order valence-corrected chi connectivity index (χ0v) is 14.0. The van der Waals surface area contributed by atoms with Crippen molar-refractivity contribution < 1.29 is 4.79 Å². The molecule has 0 aliphatic carbocycles. The number of piperidine rings is 1. The number of hydrogen-bond donors (Lipinski definition) is 2. The number of aromatic nitrogens is 2. The van der Waals surface area contributed by atoms with Crippen LogP contribution in [-0.2, 0) is 0 Å². The van der Waals surface area contributed by atoms with Gasteiger partial charge in [0.15, 0.2) is 0 Å². The molecule has 3 rings (SSSR count). The molecule has 1 amide bonds. The Labute approximate surface area is 140 Å². The van der Waals surface area contributed by atoms with Crippen LogP contribution in [0, 0.1) is 13.8 Å². The molecule has 1 atom stereocenters. The molecule has 1 aliphatic rings. The number of aromatic amines is 1. The number of nitrogens with zero attached hydrogens (tertiary/aromatic N) is 2. The van der Waals surface area contributed by atoms with Gasteiger partial charge in [-0.15, -0.1) is 0 Å². The maximum atomic E-state index is 12.4. The van der Waals surface area contributed by atoms with Crippen LogP contribution in [0.2, 0.25) is 0 Å². The molecule has 1 fully saturated rings. The summed E-state index contributed by atoms with van der Waals surface area (Å²) in [7, 11) is 0. The third-order valence-electron chi connectivity index (χ3n) is 4.25. The van der Waals surface area contributed by atoms with E-state index in [1.807, 2.05) is 25.1 Å². The number of carbonyl (C=O) groups excluding carboxylic acids is 1. The molecule has 0 aromatic carbocycles. The topological polar surface area (TPSA) is 78.1 Å². The Bertz CT molecular complexity index is 800. The lowest BCUT2D eigenvalue weighted by molar-refractivity contribution is 0.0931. The monoisotopic (exact) mass is 326 g/mol. The van der Waals surface area contributed by atoms with Crippen molar-refractivity contribution in [2.24, 2.45) is 0 Å². The molecular weight excluding hydrogens is 304 g/mol. The first-order valence-electron chi connectivity index (χ1n) is 8.22. The van der Waals surface area contributed by atoms with Crippen LogP contribution in [0.4, 0.5) is 5.82 Å². The first-order chi connectivity index (χ1) is 11.5. The zero-order valence-electron chi connectivity index (χ0n) is 14.0. The van der Waals surface area contributed by atoms with Crippen molar-refractivity contribution in [3.63, 3.8) is 0 Å². The van der Waals surface area contributed by atoms with Gasteiger partial charge in [-0.25, -0.2) is 4.98 Å². The molecule has 126 valence electrons. The van der Waals surface area contributed by atoms with Gasteiger partial charge in [0.05, 0.1) is 0 Å². The van der Waals surface area contributed by atoms with Crippen LogP contribution in [0.25, 0.3) is 0 Å². The first kappa shape index (κ1) is 16.2. The number of carbonyl (C=O) groups is 1. The van der Waals surface area contributed by atoms with E-state index in [0.29, 0.717) is 6.54 Å². The summed E-state index contributed by atoms with van der Waals surface area (Å²) < 4.78 is 0. The van der Waals surface area contributed by atoms with Gasteiger partial charge in [-0.05, 0) is 51.0 Å². The van der Waals surface area contributed by atoms with Crippen molar-refractivity contribution in [1.29, 1.82) is 0 Å². The van der Waals surface area contributed by atoms with E-state index in [2.05, 4.69) is 20.2 Å². The van der Waals surface area contributed by atoms with Gasteiger partial charge in [-0.2, -0.15) is 0 Å². The van der Waals surface area contributed by atoms with Gasteiger partial charge in [0.1, 0.15) is 11.4 Å². The fourth-order valence-corrected chi connectivity index (χ4v) is 3.02. The highest BCUT2D eigenvalue weighted by molar-refractivity contribution is 5.94. The van der Waals surface area contributed by atoms with Crippen molar-refractivity contribution in [1.82, 2.24) is 15.3 Å². The van der Waals surface area contributed by atoms with Crippen molar-refractivity contribution >= 4 is 11.7 Å². The normalized spacial score (nSPS) is 17.6. The molecule has 0 radical (unpaired) electrons. The minimum Gasteiger partial charge on any atom is -0.355 e. The summed E-state index contributed by atoms with van der Waals surface area (Å²) in [6.45, 7) is 5.38. The summed E-state index contributed by atoms with van der Waals surface area (Å²) in [6.07, 6.45) is 1.88. The molecule has 1 saturated heterocycles. The van der Waals surface area contributed by atoms with Gasteiger partial charge >= 0.3 is 0 Å². The van der Waals surface area contributed by atoms with E-state index in [1.165, 1.54) is 0 Å². The standard InChI is InChI=1S/C18H22N4O2/c1-12-5-3-7-16(19-12)22-10-4-6-14(11-22)21-18(24)15-9-8-13(2)20-17(15)23/h3,5,7-9,14H,4,6,10-11H2,1-2H3,(H,20,23)(H,21,24)/t14-/m1/s1. The summed E-state index contributed by atoms with van der Waals surface area (Å²) >= 11 is 0. The Morgan fingerprint density at radius 2 is 2.12 bits per heavy atom. The van der Waals surface area contributed by atoms with Crippen LogP contribution >= 0.6 is 0 Å². The van der Waals surface area contributed by atoms with Crippen molar-refractivity contribution in [2.45, 2.75) is 32.7 Å². The number of pyridine rings is 2. The third kappa shape index (κ3) is 3.64. The van der Waals surface area contributed by atoms with Crippen LogP contribution in [0.15, 0.2) is 35.1 Å². The number of rotatable bonds is 3. The highest BCUT2D eigenvalue weighted by atomic mass is 16.2. The van der Waals surface area contributed by atoms with Gasteiger partial charge in [-0.1, -0.05) is 6.07 Å². The van der Waals surface area contributed by atoms with E-state index < -0.39 is 0 Å². The van der Waals surface area contributed by atoms with Crippen LogP contribution in [-0.4, -0.2) is 35.0 Å². The molecule has 6 heteroatoms. The van der Waals surface area contributed by atoms with Gasteiger partial charge in [0.25, 0.3) is 11.5 Å². The second-order valence-corrected chi connectivity index (χ2v) is 6.28. The molecule has 6 nitrogen and oxygen atoms in total. The summed E-state index contributed by atoms with van der Waals surface area (Å²) in [5, 5.41) is 2.98. The molecule has 3 heterocycles. The number of H-pyrrole nitrogens is 1. The number of aryl methyl sites for hydroxylation is 2. The largest absolute Gasteiger partial charge is 0.355 e. The molecule has 0 bridgehead atoms. The van der Waals surface area contributed by atoms with E-state index in [1.54, 1.807) is 19.1 Å². The highest BCUT2D eigenvalue weighted by Crippen LogP contribution is 2.18. The molecule has 0 saturated carbocycles.